The first-order chi connectivity index (χ1) is 19.7. The molecule has 0 bridgehead atoms. The largest absolute Gasteiger partial charge is 0.480 e. The molecular weight excluding hydrogens is 539 g/mol. The van der Waals surface area contributed by atoms with Crippen LogP contribution in [0.1, 0.15) is 41.3 Å². The third-order valence-corrected chi connectivity index (χ3v) is 6.48. The molecule has 10 nitrogen and oxygen atoms in total. The third-order valence-electron chi connectivity index (χ3n) is 6.48. The minimum Gasteiger partial charge on any atom is -0.480 e. The molecule has 212 valence electrons. The van der Waals surface area contributed by atoms with Crippen LogP contribution in [0.4, 0.5) is 19.0 Å². The Balaban J connectivity index is 1.43. The summed E-state index contributed by atoms with van der Waals surface area (Å²) >= 11 is 0. The molecule has 0 amide bonds. The SMILES string of the molecule is COC(=O)/C=C/c1cnc(-c2c(OC)ncnc2C2CC2)nc1NCc1ccc(-c2nc(C(F)(F)F)cn2C)cc1. The molecule has 0 saturated heterocycles. The number of rotatable bonds is 9. The predicted octanol–water partition coefficient (Wildman–Crippen LogP) is 5.04. The van der Waals surface area contributed by atoms with Crippen molar-refractivity contribution in [3.05, 3.63) is 71.6 Å². The first kappa shape index (κ1) is 27.7. The average Bonchev–Trinajstić information content (AvgIpc) is 3.74. The van der Waals surface area contributed by atoms with Crippen LogP contribution in [0.3, 0.4) is 0 Å². The highest BCUT2D eigenvalue weighted by atomic mass is 19.4. The number of hydrogen-bond acceptors (Lipinski definition) is 9. The highest BCUT2D eigenvalue weighted by molar-refractivity contribution is 5.88. The quantitative estimate of drug-likeness (QED) is 0.220. The summed E-state index contributed by atoms with van der Waals surface area (Å²) in [5.41, 5.74) is 2.40. The molecule has 0 atom stereocenters. The van der Waals surface area contributed by atoms with Crippen molar-refractivity contribution >= 4 is 17.9 Å². The maximum absolute atomic E-state index is 13.1. The molecule has 3 aromatic heterocycles. The van der Waals surface area contributed by atoms with Crippen molar-refractivity contribution in [3.8, 4) is 28.7 Å². The van der Waals surface area contributed by atoms with Gasteiger partial charge in [0.25, 0.3) is 0 Å². The molecule has 1 fully saturated rings. The molecule has 13 heteroatoms. The Morgan fingerprint density at radius 2 is 1.88 bits per heavy atom. The van der Waals surface area contributed by atoms with E-state index in [2.05, 4.69) is 25.3 Å². The number of nitrogens with zero attached hydrogens (tertiary/aromatic N) is 6. The summed E-state index contributed by atoms with van der Waals surface area (Å²) in [6.07, 6.45) is 4.29. The van der Waals surface area contributed by atoms with Crippen molar-refractivity contribution < 1.29 is 27.4 Å². The van der Waals surface area contributed by atoms with E-state index in [9.17, 15) is 18.0 Å². The molecular formula is C28H26F3N7O3. The number of imidazole rings is 1. The lowest BCUT2D eigenvalue weighted by Gasteiger charge is -2.14. The first-order valence-corrected chi connectivity index (χ1v) is 12.6. The molecule has 1 aliphatic carbocycles. The highest BCUT2D eigenvalue weighted by Gasteiger charge is 2.34. The molecule has 0 aliphatic heterocycles. The summed E-state index contributed by atoms with van der Waals surface area (Å²) in [6.45, 7) is 0.321. The van der Waals surface area contributed by atoms with Crippen LogP contribution in [-0.4, -0.2) is 49.7 Å². The Morgan fingerprint density at radius 3 is 2.51 bits per heavy atom. The van der Waals surface area contributed by atoms with Gasteiger partial charge in [0.15, 0.2) is 11.5 Å². The lowest BCUT2D eigenvalue weighted by Crippen LogP contribution is -2.07. The number of methoxy groups -OCH3 is 2. The van der Waals surface area contributed by atoms with Crippen LogP contribution in [0, 0.1) is 0 Å². The number of nitrogens with one attached hydrogen (secondary N) is 1. The van der Waals surface area contributed by atoms with E-state index >= 15 is 0 Å². The summed E-state index contributed by atoms with van der Waals surface area (Å²) < 4.78 is 50.8. The number of anilines is 1. The van der Waals surface area contributed by atoms with Crippen LogP contribution in [0.5, 0.6) is 5.88 Å². The fourth-order valence-corrected chi connectivity index (χ4v) is 4.24. The van der Waals surface area contributed by atoms with E-state index in [-0.39, 0.29) is 11.7 Å². The van der Waals surface area contributed by atoms with Crippen molar-refractivity contribution in [2.75, 3.05) is 19.5 Å². The van der Waals surface area contributed by atoms with Gasteiger partial charge in [-0.25, -0.2) is 29.7 Å². The van der Waals surface area contributed by atoms with Gasteiger partial charge >= 0.3 is 12.1 Å². The normalized spacial score (nSPS) is 13.4. The zero-order valence-electron chi connectivity index (χ0n) is 22.4. The van der Waals surface area contributed by atoms with Gasteiger partial charge in [0.05, 0.1) is 19.9 Å². The Bertz CT molecular complexity index is 1600. The molecule has 1 N–H and O–H groups in total. The maximum atomic E-state index is 13.1. The monoisotopic (exact) mass is 565 g/mol. The summed E-state index contributed by atoms with van der Waals surface area (Å²) in [6, 6.07) is 6.99. The van der Waals surface area contributed by atoms with Gasteiger partial charge in [-0.15, -0.1) is 0 Å². The summed E-state index contributed by atoms with van der Waals surface area (Å²) in [5.74, 6) is 1.12. The van der Waals surface area contributed by atoms with Gasteiger partial charge in [0, 0.05) is 49.1 Å². The van der Waals surface area contributed by atoms with Gasteiger partial charge in [0.2, 0.25) is 5.88 Å². The smallest absolute Gasteiger partial charge is 0.434 e. The van der Waals surface area contributed by atoms with Crippen LogP contribution < -0.4 is 10.1 Å². The molecule has 1 saturated carbocycles. The Morgan fingerprint density at radius 1 is 1.12 bits per heavy atom. The second-order valence-corrected chi connectivity index (χ2v) is 9.38. The number of ether oxygens (including phenoxy) is 2. The zero-order chi connectivity index (χ0) is 29.1. The van der Waals surface area contributed by atoms with Gasteiger partial charge in [-0.2, -0.15) is 13.2 Å². The molecule has 1 aliphatic rings. The van der Waals surface area contributed by atoms with Gasteiger partial charge < -0.3 is 19.4 Å². The number of aromatic nitrogens is 6. The topological polar surface area (TPSA) is 117 Å². The van der Waals surface area contributed by atoms with Gasteiger partial charge in [-0.3, -0.25) is 0 Å². The third kappa shape index (κ3) is 6.18. The second kappa shape index (κ2) is 11.4. The highest BCUT2D eigenvalue weighted by Crippen LogP contribution is 2.45. The number of aryl methyl sites for hydroxylation is 1. The van der Waals surface area contributed by atoms with Crippen molar-refractivity contribution in [2.24, 2.45) is 7.05 Å². The molecule has 5 rings (SSSR count). The minimum absolute atomic E-state index is 0.206. The van der Waals surface area contributed by atoms with Gasteiger partial charge in [-0.05, 0) is 24.5 Å². The zero-order valence-corrected chi connectivity index (χ0v) is 22.4. The van der Waals surface area contributed by atoms with E-state index in [0.717, 1.165) is 30.3 Å². The van der Waals surface area contributed by atoms with Crippen LogP contribution in [0.25, 0.3) is 28.9 Å². The van der Waals surface area contributed by atoms with E-state index in [1.54, 1.807) is 36.5 Å². The predicted molar refractivity (Wildman–Crippen MR) is 144 cm³/mol. The van der Waals surface area contributed by atoms with Crippen molar-refractivity contribution in [2.45, 2.75) is 31.5 Å². The Labute approximate surface area is 233 Å². The summed E-state index contributed by atoms with van der Waals surface area (Å²) in [5, 5.41) is 3.27. The number of hydrogen-bond donors (Lipinski definition) is 1. The van der Waals surface area contributed by atoms with E-state index in [4.69, 9.17) is 14.5 Å². The number of esters is 1. The molecule has 0 spiro atoms. The van der Waals surface area contributed by atoms with E-state index in [1.165, 1.54) is 38.2 Å². The standard InChI is InChI=1S/C28H26F3N7O3/c1-38-14-20(28(29,30)31)36-26(38)18-6-4-16(5-7-18)12-32-24-19(10-11-21(39)40-2)13-33-25(37-24)22-23(17-8-9-17)34-15-35-27(22)41-3/h4-7,10-11,13-15,17H,8-9,12H2,1-3H3,(H,32,33,37)/b11-10+. The molecule has 1 aromatic carbocycles. The second-order valence-electron chi connectivity index (χ2n) is 9.38. The van der Waals surface area contributed by atoms with Crippen LogP contribution in [0.15, 0.2) is 49.1 Å². The Hall–Kier alpha value is -4.81. The molecule has 0 radical (unpaired) electrons. The van der Waals surface area contributed by atoms with Crippen molar-refractivity contribution in [3.63, 3.8) is 0 Å². The lowest BCUT2D eigenvalue weighted by molar-refractivity contribution is -0.141. The molecule has 4 aromatic rings. The number of carbonyl (C=O) groups is 1. The average molecular weight is 566 g/mol. The van der Waals surface area contributed by atoms with Crippen molar-refractivity contribution in [1.82, 2.24) is 29.5 Å². The van der Waals surface area contributed by atoms with E-state index < -0.39 is 17.8 Å². The fraction of sp³-hybridized carbons (Fsp3) is 0.286. The Kier molecular flexibility index (Phi) is 7.68. The fourth-order valence-electron chi connectivity index (χ4n) is 4.24. The molecule has 3 heterocycles. The van der Waals surface area contributed by atoms with E-state index in [1.807, 2.05) is 0 Å². The van der Waals surface area contributed by atoms with Gasteiger partial charge in [0.1, 0.15) is 23.5 Å². The summed E-state index contributed by atoms with van der Waals surface area (Å²) in [4.78, 5) is 33.4. The van der Waals surface area contributed by atoms with Crippen LogP contribution >= 0.6 is 0 Å². The number of alkyl halides is 3. The number of halogens is 3. The van der Waals surface area contributed by atoms with Crippen LogP contribution in [0.2, 0.25) is 0 Å². The van der Waals surface area contributed by atoms with E-state index in [0.29, 0.717) is 40.8 Å². The minimum atomic E-state index is -4.52. The molecule has 0 unspecified atom stereocenters. The number of benzene rings is 1. The summed E-state index contributed by atoms with van der Waals surface area (Å²) in [7, 11) is 4.32. The van der Waals surface area contributed by atoms with Gasteiger partial charge in [-0.1, -0.05) is 24.3 Å². The van der Waals surface area contributed by atoms with Crippen molar-refractivity contribution in [1.29, 1.82) is 0 Å². The molecule has 41 heavy (non-hydrogen) atoms. The maximum Gasteiger partial charge on any atom is 0.434 e. The van der Waals surface area contributed by atoms with Crippen LogP contribution in [-0.2, 0) is 29.3 Å². The lowest BCUT2D eigenvalue weighted by atomic mass is 10.1. The number of carbonyl (C=O) groups excluding carboxylic acids is 1. The first-order valence-electron chi connectivity index (χ1n) is 12.6.